The predicted molar refractivity (Wildman–Crippen MR) is 96.2 cm³/mol. The molecule has 0 aliphatic heterocycles. The third kappa shape index (κ3) is 5.34. The third-order valence-corrected chi connectivity index (χ3v) is 5.00. The van der Waals surface area contributed by atoms with E-state index in [-0.39, 0.29) is 15.7 Å². The summed E-state index contributed by atoms with van der Waals surface area (Å²) in [6.45, 7) is 3.30. The number of aryl methyl sites for hydroxylation is 1. The molecule has 25 heavy (non-hydrogen) atoms. The van der Waals surface area contributed by atoms with Gasteiger partial charge in [0.15, 0.2) is 6.10 Å². The molecule has 0 aliphatic rings. The minimum atomic E-state index is -3.87. The van der Waals surface area contributed by atoms with Crippen molar-refractivity contribution in [2.75, 3.05) is 0 Å². The van der Waals surface area contributed by atoms with Crippen LogP contribution in [0.15, 0.2) is 47.4 Å². The molecular weight excluding hydrogens is 387 g/mol. The van der Waals surface area contributed by atoms with Crippen molar-refractivity contribution < 1.29 is 17.9 Å². The summed E-state index contributed by atoms with van der Waals surface area (Å²) in [5, 5.41) is 0.674. The van der Waals surface area contributed by atoms with Crippen LogP contribution in [0.3, 0.4) is 0 Å². The number of amides is 1. The molecule has 2 N–H and O–H groups in total. The van der Waals surface area contributed by atoms with E-state index in [1.54, 1.807) is 18.2 Å². The van der Waals surface area contributed by atoms with Gasteiger partial charge in [-0.3, -0.25) is 10.2 Å². The number of ether oxygens (including phenoxy) is 1. The van der Waals surface area contributed by atoms with E-state index in [0.29, 0.717) is 5.02 Å². The molecule has 0 fully saturated rings. The van der Waals surface area contributed by atoms with Gasteiger partial charge in [-0.25, -0.2) is 8.42 Å². The lowest BCUT2D eigenvalue weighted by Crippen LogP contribution is -2.47. The van der Waals surface area contributed by atoms with Gasteiger partial charge in [-0.2, -0.15) is 0 Å². The van der Waals surface area contributed by atoms with E-state index >= 15 is 0 Å². The van der Waals surface area contributed by atoms with Crippen LogP contribution < -0.4 is 15.0 Å². The van der Waals surface area contributed by atoms with E-state index in [1.165, 1.54) is 31.2 Å². The van der Waals surface area contributed by atoms with Gasteiger partial charge in [0.05, 0.1) is 9.92 Å². The molecule has 0 saturated carbocycles. The van der Waals surface area contributed by atoms with E-state index < -0.39 is 22.0 Å². The Bertz CT molecular complexity index is 870. The Labute approximate surface area is 156 Å². The van der Waals surface area contributed by atoms with Crippen LogP contribution in [0.4, 0.5) is 0 Å². The molecule has 0 saturated heterocycles. The maximum atomic E-state index is 12.1. The molecule has 1 atom stereocenters. The van der Waals surface area contributed by atoms with E-state index in [2.05, 4.69) is 5.43 Å². The molecule has 0 bridgehead atoms. The molecule has 0 aliphatic carbocycles. The lowest BCUT2D eigenvalue weighted by molar-refractivity contribution is -0.127. The molecule has 134 valence electrons. The van der Waals surface area contributed by atoms with Crippen molar-refractivity contribution in [2.45, 2.75) is 24.8 Å². The quantitative estimate of drug-likeness (QED) is 0.727. The fourth-order valence-electron chi connectivity index (χ4n) is 1.81. The summed E-state index contributed by atoms with van der Waals surface area (Å²) in [5.41, 5.74) is 3.04. The van der Waals surface area contributed by atoms with Crippen LogP contribution in [0.2, 0.25) is 10.0 Å². The molecular formula is C16H16Cl2N2O4S. The minimum Gasteiger partial charge on any atom is -0.479 e. The summed E-state index contributed by atoms with van der Waals surface area (Å²) < 4.78 is 29.6. The maximum absolute atomic E-state index is 12.1. The van der Waals surface area contributed by atoms with Gasteiger partial charge in [0.2, 0.25) is 0 Å². The largest absolute Gasteiger partial charge is 0.479 e. The Hall–Kier alpha value is -1.80. The summed E-state index contributed by atoms with van der Waals surface area (Å²) in [6.07, 6.45) is -0.987. The maximum Gasteiger partial charge on any atom is 0.275 e. The van der Waals surface area contributed by atoms with E-state index in [4.69, 9.17) is 27.9 Å². The first kappa shape index (κ1) is 19.5. The van der Waals surface area contributed by atoms with Crippen molar-refractivity contribution >= 4 is 39.1 Å². The second-order valence-corrected chi connectivity index (χ2v) is 7.77. The average Bonchev–Trinajstić information content (AvgIpc) is 2.55. The Morgan fingerprint density at radius 1 is 1.12 bits per heavy atom. The Morgan fingerprint density at radius 3 is 2.36 bits per heavy atom. The van der Waals surface area contributed by atoms with Crippen LogP contribution >= 0.6 is 23.2 Å². The molecule has 0 heterocycles. The molecule has 0 spiro atoms. The zero-order valence-corrected chi connectivity index (χ0v) is 15.7. The van der Waals surface area contributed by atoms with Gasteiger partial charge in [0, 0.05) is 5.02 Å². The second-order valence-electron chi connectivity index (χ2n) is 5.24. The summed E-state index contributed by atoms with van der Waals surface area (Å²) in [4.78, 5) is 14.1. The van der Waals surface area contributed by atoms with Gasteiger partial charge < -0.3 is 4.74 Å². The molecule has 1 unspecified atom stereocenters. The van der Waals surface area contributed by atoms with Crippen LogP contribution in [0.1, 0.15) is 12.5 Å². The van der Waals surface area contributed by atoms with Crippen molar-refractivity contribution in [3.8, 4) is 5.75 Å². The summed E-state index contributed by atoms with van der Waals surface area (Å²) in [6, 6.07) is 10.8. The van der Waals surface area contributed by atoms with Gasteiger partial charge in [0.1, 0.15) is 5.75 Å². The van der Waals surface area contributed by atoms with Crippen molar-refractivity contribution in [3.05, 3.63) is 58.1 Å². The monoisotopic (exact) mass is 402 g/mol. The number of halogens is 2. The molecule has 2 rings (SSSR count). The first-order valence-corrected chi connectivity index (χ1v) is 9.43. The van der Waals surface area contributed by atoms with Crippen molar-refractivity contribution in [2.24, 2.45) is 0 Å². The fraction of sp³-hybridized carbons (Fsp3) is 0.188. The smallest absolute Gasteiger partial charge is 0.275 e. The lowest BCUT2D eigenvalue weighted by atomic mass is 10.2. The molecule has 6 nitrogen and oxygen atoms in total. The first-order valence-electron chi connectivity index (χ1n) is 7.19. The van der Waals surface area contributed by atoms with Crippen LogP contribution in [0.5, 0.6) is 5.75 Å². The highest BCUT2D eigenvalue weighted by atomic mass is 35.5. The zero-order chi connectivity index (χ0) is 18.6. The number of rotatable bonds is 6. The number of hydrogen-bond acceptors (Lipinski definition) is 4. The van der Waals surface area contributed by atoms with Crippen molar-refractivity contribution in [1.82, 2.24) is 10.3 Å². The highest BCUT2D eigenvalue weighted by Gasteiger charge is 2.20. The van der Waals surface area contributed by atoms with Crippen molar-refractivity contribution in [3.63, 3.8) is 0 Å². The van der Waals surface area contributed by atoms with E-state index in [1.807, 2.05) is 11.8 Å². The van der Waals surface area contributed by atoms with Gasteiger partial charge in [-0.15, -0.1) is 4.83 Å². The summed E-state index contributed by atoms with van der Waals surface area (Å²) in [5.74, 6) is -0.420. The van der Waals surface area contributed by atoms with Crippen molar-refractivity contribution in [1.29, 1.82) is 0 Å². The molecule has 1 amide bonds. The predicted octanol–water partition coefficient (Wildman–Crippen LogP) is 3.08. The van der Waals surface area contributed by atoms with E-state index in [9.17, 15) is 13.2 Å². The highest BCUT2D eigenvalue weighted by molar-refractivity contribution is 7.89. The zero-order valence-electron chi connectivity index (χ0n) is 13.4. The third-order valence-electron chi connectivity index (χ3n) is 3.21. The number of benzene rings is 2. The van der Waals surface area contributed by atoms with Gasteiger partial charge in [-0.05, 0) is 44.2 Å². The summed E-state index contributed by atoms with van der Waals surface area (Å²) >= 11 is 11.8. The number of hydrazine groups is 1. The Kier molecular flexibility index (Phi) is 6.29. The SMILES string of the molecule is Cc1ccc(S(=O)(=O)NNC(=O)C(C)Oc2ccc(Cl)cc2Cl)cc1. The Morgan fingerprint density at radius 2 is 1.76 bits per heavy atom. The fourth-order valence-corrected chi connectivity index (χ4v) is 3.11. The lowest BCUT2D eigenvalue weighted by Gasteiger charge is -2.16. The molecule has 0 radical (unpaired) electrons. The molecule has 2 aromatic rings. The van der Waals surface area contributed by atoms with Gasteiger partial charge in [0.25, 0.3) is 15.9 Å². The number of carbonyl (C=O) groups is 1. The number of nitrogens with one attached hydrogen (secondary N) is 2. The van der Waals surface area contributed by atoms with Crippen LogP contribution in [-0.2, 0) is 14.8 Å². The van der Waals surface area contributed by atoms with Crippen LogP contribution in [-0.4, -0.2) is 20.4 Å². The molecule has 2 aromatic carbocycles. The van der Waals surface area contributed by atoms with Gasteiger partial charge in [-0.1, -0.05) is 40.9 Å². The number of hydrogen-bond donors (Lipinski definition) is 2. The first-order chi connectivity index (χ1) is 11.7. The minimum absolute atomic E-state index is 0.0349. The number of sulfonamides is 1. The summed E-state index contributed by atoms with van der Waals surface area (Å²) in [7, 11) is -3.87. The van der Waals surface area contributed by atoms with E-state index in [0.717, 1.165) is 5.56 Å². The second kappa shape index (κ2) is 8.05. The normalized spacial score (nSPS) is 12.5. The van der Waals surface area contributed by atoms with Crippen LogP contribution in [0.25, 0.3) is 0 Å². The highest BCUT2D eigenvalue weighted by Crippen LogP contribution is 2.28. The molecule has 0 aromatic heterocycles. The average molecular weight is 403 g/mol. The Balaban J connectivity index is 1.98. The van der Waals surface area contributed by atoms with Crippen LogP contribution in [0, 0.1) is 6.92 Å². The van der Waals surface area contributed by atoms with Gasteiger partial charge >= 0.3 is 0 Å². The molecule has 9 heteroatoms. The topological polar surface area (TPSA) is 84.5 Å². The number of carbonyl (C=O) groups excluding carboxylic acids is 1. The standard InChI is InChI=1S/C16H16Cl2N2O4S/c1-10-3-6-13(7-4-10)25(22,23)20-19-16(21)11(2)24-15-8-5-12(17)9-14(15)18/h3-9,11,20H,1-2H3,(H,19,21).